The molecule has 142 valence electrons. The lowest BCUT2D eigenvalue weighted by atomic mass is 10.2. The number of carbonyl (C=O) groups is 1. The summed E-state index contributed by atoms with van der Waals surface area (Å²) in [7, 11) is 3.95. The Morgan fingerprint density at radius 3 is 2.63 bits per heavy atom. The number of fused-ring (bicyclic) bond motifs is 1. The SMILES string of the molecule is CN(C)CCCN(C(=O)c1ccc(F)cc1Cl)c1nc2ccc(Cl)cc2s1. The molecular weight excluding hydrogens is 408 g/mol. The molecule has 1 amide bonds. The largest absolute Gasteiger partial charge is 0.309 e. The fourth-order valence-corrected chi connectivity index (χ4v) is 4.15. The highest BCUT2D eigenvalue weighted by Crippen LogP contribution is 2.32. The van der Waals surface area contributed by atoms with Crippen LogP contribution in [0, 0.1) is 5.82 Å². The van der Waals surface area contributed by atoms with E-state index in [1.807, 2.05) is 31.1 Å². The van der Waals surface area contributed by atoms with Gasteiger partial charge in [0.05, 0.1) is 20.8 Å². The molecule has 0 fully saturated rings. The molecule has 0 aliphatic heterocycles. The minimum absolute atomic E-state index is 0.0850. The molecule has 0 saturated carbocycles. The number of benzene rings is 2. The molecule has 1 aromatic heterocycles. The van der Waals surface area contributed by atoms with E-state index in [0.717, 1.165) is 29.2 Å². The van der Waals surface area contributed by atoms with Gasteiger partial charge in [-0.1, -0.05) is 34.5 Å². The summed E-state index contributed by atoms with van der Waals surface area (Å²) in [5.74, 6) is -0.783. The molecule has 0 N–H and O–H groups in total. The summed E-state index contributed by atoms with van der Waals surface area (Å²) >= 11 is 13.6. The second kappa shape index (κ2) is 8.52. The number of thiazole rings is 1. The number of rotatable bonds is 6. The van der Waals surface area contributed by atoms with Gasteiger partial charge < -0.3 is 4.90 Å². The maximum atomic E-state index is 13.4. The predicted molar refractivity (Wildman–Crippen MR) is 111 cm³/mol. The van der Waals surface area contributed by atoms with Crippen LogP contribution in [0.15, 0.2) is 36.4 Å². The second-order valence-corrected chi connectivity index (χ2v) is 8.20. The number of hydrogen-bond acceptors (Lipinski definition) is 4. The molecule has 8 heteroatoms. The molecule has 3 aromatic rings. The van der Waals surface area contributed by atoms with Gasteiger partial charge in [-0.05, 0) is 63.5 Å². The van der Waals surface area contributed by atoms with Crippen LogP contribution >= 0.6 is 34.5 Å². The van der Waals surface area contributed by atoms with E-state index < -0.39 is 5.82 Å². The molecule has 0 saturated heterocycles. The van der Waals surface area contributed by atoms with E-state index >= 15 is 0 Å². The maximum Gasteiger partial charge on any atom is 0.261 e. The van der Waals surface area contributed by atoms with Crippen LogP contribution in [0.2, 0.25) is 10.0 Å². The molecule has 0 bridgehead atoms. The van der Waals surface area contributed by atoms with Crippen LogP contribution in [0.25, 0.3) is 10.2 Å². The lowest BCUT2D eigenvalue weighted by Crippen LogP contribution is -2.33. The van der Waals surface area contributed by atoms with E-state index in [-0.39, 0.29) is 16.5 Å². The summed E-state index contributed by atoms with van der Waals surface area (Å²) in [6, 6.07) is 9.20. The van der Waals surface area contributed by atoms with Crippen LogP contribution in [-0.4, -0.2) is 43.0 Å². The van der Waals surface area contributed by atoms with Crippen LogP contribution in [0.4, 0.5) is 9.52 Å². The molecule has 1 heterocycles. The quantitative estimate of drug-likeness (QED) is 0.534. The molecule has 0 aliphatic carbocycles. The molecule has 0 radical (unpaired) electrons. The predicted octanol–water partition coefficient (Wildman–Crippen LogP) is 5.34. The number of halogens is 3. The Hall–Kier alpha value is -1.73. The van der Waals surface area contributed by atoms with Crippen LogP contribution < -0.4 is 4.90 Å². The average molecular weight is 426 g/mol. The number of carbonyl (C=O) groups excluding carboxylic acids is 1. The average Bonchev–Trinajstić information content (AvgIpc) is 3.00. The molecular formula is C19H18Cl2FN3OS. The second-order valence-electron chi connectivity index (χ2n) is 6.35. The van der Waals surface area contributed by atoms with Gasteiger partial charge in [-0.3, -0.25) is 9.69 Å². The Balaban J connectivity index is 1.97. The number of anilines is 1. The van der Waals surface area contributed by atoms with Crippen molar-refractivity contribution in [3.8, 4) is 0 Å². The highest BCUT2D eigenvalue weighted by atomic mass is 35.5. The van der Waals surface area contributed by atoms with Gasteiger partial charge in [-0.2, -0.15) is 0 Å². The number of hydrogen-bond donors (Lipinski definition) is 0. The number of aromatic nitrogens is 1. The molecule has 4 nitrogen and oxygen atoms in total. The van der Waals surface area contributed by atoms with Gasteiger partial charge in [0.15, 0.2) is 5.13 Å². The zero-order valence-corrected chi connectivity index (χ0v) is 17.2. The van der Waals surface area contributed by atoms with E-state index in [1.165, 1.54) is 23.5 Å². The highest BCUT2D eigenvalue weighted by molar-refractivity contribution is 7.22. The molecule has 27 heavy (non-hydrogen) atoms. The highest BCUT2D eigenvalue weighted by Gasteiger charge is 2.23. The van der Waals surface area contributed by atoms with Crippen LogP contribution in [0.3, 0.4) is 0 Å². The first-order chi connectivity index (χ1) is 12.8. The summed E-state index contributed by atoms with van der Waals surface area (Å²) in [5, 5.41) is 1.27. The van der Waals surface area contributed by atoms with Crippen molar-refractivity contribution in [2.45, 2.75) is 6.42 Å². The van der Waals surface area contributed by atoms with Crippen LogP contribution in [0.1, 0.15) is 16.8 Å². The molecule has 0 atom stereocenters. The van der Waals surface area contributed by atoms with Gasteiger partial charge in [0.1, 0.15) is 5.82 Å². The molecule has 0 spiro atoms. The maximum absolute atomic E-state index is 13.4. The van der Waals surface area contributed by atoms with Crippen LogP contribution in [0.5, 0.6) is 0 Å². The van der Waals surface area contributed by atoms with Gasteiger partial charge in [-0.15, -0.1) is 0 Å². The van der Waals surface area contributed by atoms with E-state index in [1.54, 1.807) is 11.0 Å². The van der Waals surface area contributed by atoms with Crippen molar-refractivity contribution in [3.05, 3.63) is 57.8 Å². The lowest BCUT2D eigenvalue weighted by Gasteiger charge is -2.21. The third-order valence-electron chi connectivity index (χ3n) is 3.96. The summed E-state index contributed by atoms with van der Waals surface area (Å²) in [6.45, 7) is 1.29. The fraction of sp³-hybridized carbons (Fsp3) is 0.263. The third-order valence-corrected chi connectivity index (χ3v) is 5.55. The molecule has 2 aromatic carbocycles. The molecule has 3 rings (SSSR count). The Kier molecular flexibility index (Phi) is 6.32. The van der Waals surface area contributed by atoms with Crippen molar-refractivity contribution in [3.63, 3.8) is 0 Å². The smallest absolute Gasteiger partial charge is 0.261 e. The van der Waals surface area contributed by atoms with E-state index in [4.69, 9.17) is 23.2 Å². The third kappa shape index (κ3) is 4.76. The Bertz CT molecular complexity index is 977. The first-order valence-electron chi connectivity index (χ1n) is 8.33. The summed E-state index contributed by atoms with van der Waals surface area (Å²) < 4.78 is 14.3. The normalized spacial score (nSPS) is 11.3. The number of amides is 1. The zero-order chi connectivity index (χ0) is 19.6. The van der Waals surface area contributed by atoms with Gasteiger partial charge in [-0.25, -0.2) is 9.37 Å². The monoisotopic (exact) mass is 425 g/mol. The molecule has 0 aliphatic rings. The van der Waals surface area contributed by atoms with Gasteiger partial charge in [0.2, 0.25) is 0 Å². The topological polar surface area (TPSA) is 36.4 Å². The fourth-order valence-electron chi connectivity index (χ4n) is 2.64. The van der Waals surface area contributed by atoms with E-state index in [2.05, 4.69) is 4.98 Å². The van der Waals surface area contributed by atoms with Crippen molar-refractivity contribution in [2.24, 2.45) is 0 Å². The Morgan fingerprint density at radius 1 is 1.15 bits per heavy atom. The van der Waals surface area contributed by atoms with Crippen molar-refractivity contribution >= 4 is 55.8 Å². The first-order valence-corrected chi connectivity index (χ1v) is 9.90. The first kappa shape index (κ1) is 20.0. The van der Waals surface area contributed by atoms with E-state index in [0.29, 0.717) is 16.7 Å². The minimum Gasteiger partial charge on any atom is -0.309 e. The van der Waals surface area contributed by atoms with Gasteiger partial charge in [0.25, 0.3) is 5.91 Å². The Morgan fingerprint density at radius 2 is 1.93 bits per heavy atom. The van der Waals surface area contributed by atoms with Crippen LogP contribution in [-0.2, 0) is 0 Å². The van der Waals surface area contributed by atoms with Crippen molar-refractivity contribution in [1.82, 2.24) is 9.88 Å². The van der Waals surface area contributed by atoms with Crippen molar-refractivity contribution in [1.29, 1.82) is 0 Å². The summed E-state index contributed by atoms with van der Waals surface area (Å²) in [4.78, 5) is 21.4. The standard InChI is InChI=1S/C19H18Cl2FN3OS/c1-24(2)8-3-9-25(18(26)14-6-5-13(22)11-15(14)21)19-23-16-7-4-12(20)10-17(16)27-19/h4-7,10-11H,3,8-9H2,1-2H3. The van der Waals surface area contributed by atoms with E-state index in [9.17, 15) is 9.18 Å². The zero-order valence-electron chi connectivity index (χ0n) is 14.9. The Labute approximate surface area is 171 Å². The lowest BCUT2D eigenvalue weighted by molar-refractivity contribution is 0.0986. The van der Waals surface area contributed by atoms with Gasteiger partial charge >= 0.3 is 0 Å². The molecule has 0 unspecified atom stereocenters. The summed E-state index contributed by atoms with van der Waals surface area (Å²) in [5.41, 5.74) is 1.02. The van der Waals surface area contributed by atoms with Crippen molar-refractivity contribution in [2.75, 3.05) is 32.1 Å². The summed E-state index contributed by atoms with van der Waals surface area (Å²) in [6.07, 6.45) is 0.758. The minimum atomic E-state index is -0.481. The number of nitrogens with zero attached hydrogens (tertiary/aromatic N) is 3. The van der Waals surface area contributed by atoms with Crippen molar-refractivity contribution < 1.29 is 9.18 Å². The van der Waals surface area contributed by atoms with Gasteiger partial charge in [0, 0.05) is 11.6 Å².